The lowest BCUT2D eigenvalue weighted by Gasteiger charge is -2.12. The van der Waals surface area contributed by atoms with Crippen molar-refractivity contribution in [2.45, 2.75) is 25.7 Å². The van der Waals surface area contributed by atoms with Crippen LogP contribution in [0.5, 0.6) is 0 Å². The molecule has 1 unspecified atom stereocenters. The van der Waals surface area contributed by atoms with Gasteiger partial charge in [-0.15, -0.1) is 0 Å². The zero-order chi connectivity index (χ0) is 12.3. The molecule has 0 fully saturated rings. The fraction of sp³-hybridized carbons (Fsp3) is 0.364. The summed E-state index contributed by atoms with van der Waals surface area (Å²) in [5.74, 6) is -1.41. The molecule has 0 bridgehead atoms. The van der Waals surface area contributed by atoms with E-state index in [1.54, 1.807) is 6.92 Å². The fourth-order valence-electron chi connectivity index (χ4n) is 1.41. The van der Waals surface area contributed by atoms with Gasteiger partial charge >= 0.3 is 5.97 Å². The van der Waals surface area contributed by atoms with Gasteiger partial charge in [-0.2, -0.15) is 0 Å². The number of benzene rings is 1. The van der Waals surface area contributed by atoms with Crippen LogP contribution in [0.3, 0.4) is 0 Å². The summed E-state index contributed by atoms with van der Waals surface area (Å²) < 4.78 is 14.1. The van der Waals surface area contributed by atoms with Gasteiger partial charge in [-0.1, -0.05) is 18.5 Å². The van der Waals surface area contributed by atoms with Crippen molar-refractivity contribution in [2.75, 3.05) is 0 Å². The molecular weight excluding hydrogens is 298 g/mol. The van der Waals surface area contributed by atoms with E-state index in [0.717, 1.165) is 0 Å². The topological polar surface area (TPSA) is 37.3 Å². The molecule has 0 radical (unpaired) electrons. The Balaban J connectivity index is 2.86. The van der Waals surface area contributed by atoms with Crippen LogP contribution in [0.4, 0.5) is 4.39 Å². The van der Waals surface area contributed by atoms with Crippen LogP contribution in [-0.2, 0) is 4.79 Å². The van der Waals surface area contributed by atoms with Crippen LogP contribution in [0.25, 0.3) is 0 Å². The number of hydrogen-bond donors (Lipinski definition) is 1. The number of carboxylic acids is 1. The van der Waals surface area contributed by atoms with Gasteiger partial charge in [0.05, 0.1) is 5.02 Å². The van der Waals surface area contributed by atoms with Crippen molar-refractivity contribution in [1.29, 1.82) is 0 Å². The van der Waals surface area contributed by atoms with E-state index in [2.05, 4.69) is 15.9 Å². The molecule has 2 nitrogen and oxygen atoms in total. The maximum Gasteiger partial charge on any atom is 0.303 e. The monoisotopic (exact) mass is 308 g/mol. The minimum absolute atomic E-state index is 0.0221. The second kappa shape index (κ2) is 5.64. The lowest BCUT2D eigenvalue weighted by atomic mass is 9.96. The lowest BCUT2D eigenvalue weighted by Crippen LogP contribution is -2.02. The normalized spacial score (nSPS) is 12.5. The van der Waals surface area contributed by atoms with Crippen LogP contribution < -0.4 is 0 Å². The third kappa shape index (κ3) is 3.46. The molecule has 0 spiro atoms. The van der Waals surface area contributed by atoms with Crippen molar-refractivity contribution in [2.24, 2.45) is 0 Å². The summed E-state index contributed by atoms with van der Waals surface area (Å²) in [4.78, 5) is 10.4. The number of carboxylic acid groups (broad SMARTS) is 1. The highest BCUT2D eigenvalue weighted by Gasteiger charge is 2.14. The number of rotatable bonds is 4. The molecule has 88 valence electrons. The fourth-order valence-corrected chi connectivity index (χ4v) is 1.90. The van der Waals surface area contributed by atoms with Crippen molar-refractivity contribution in [3.63, 3.8) is 0 Å². The minimum Gasteiger partial charge on any atom is -0.481 e. The first-order valence-electron chi connectivity index (χ1n) is 4.78. The molecule has 0 saturated carbocycles. The third-order valence-corrected chi connectivity index (χ3v) is 3.56. The van der Waals surface area contributed by atoms with E-state index in [-0.39, 0.29) is 18.2 Å². The second-order valence-corrected chi connectivity index (χ2v) is 4.88. The highest BCUT2D eigenvalue weighted by Crippen LogP contribution is 2.31. The molecular formula is C11H11BrClFO2. The Kier molecular flexibility index (Phi) is 4.74. The summed E-state index contributed by atoms with van der Waals surface area (Å²) in [5.41, 5.74) is 0.453. The van der Waals surface area contributed by atoms with Crippen molar-refractivity contribution in [3.8, 4) is 0 Å². The third-order valence-electron chi connectivity index (χ3n) is 2.36. The molecule has 0 amide bonds. The molecule has 0 aromatic heterocycles. The Labute approximate surface area is 107 Å². The molecule has 0 heterocycles. The average molecular weight is 310 g/mol. The molecule has 1 aromatic rings. The van der Waals surface area contributed by atoms with Crippen LogP contribution in [0, 0.1) is 5.82 Å². The van der Waals surface area contributed by atoms with Crippen LogP contribution in [-0.4, -0.2) is 11.1 Å². The summed E-state index contributed by atoms with van der Waals surface area (Å²) in [6.45, 7) is 1.78. The van der Waals surface area contributed by atoms with Gasteiger partial charge in [0.2, 0.25) is 0 Å². The van der Waals surface area contributed by atoms with E-state index in [1.165, 1.54) is 12.1 Å². The second-order valence-electron chi connectivity index (χ2n) is 3.62. The van der Waals surface area contributed by atoms with E-state index in [0.29, 0.717) is 21.5 Å². The zero-order valence-corrected chi connectivity index (χ0v) is 11.0. The average Bonchev–Trinajstić information content (AvgIpc) is 2.20. The molecule has 1 N–H and O–H groups in total. The standard InChI is InChI=1S/C11H11BrClFO2/c1-6(2-3-11(15)16)7-4-9(13)8(12)5-10(7)14/h4-6H,2-3H2,1H3,(H,15,16). The maximum absolute atomic E-state index is 13.6. The predicted octanol–water partition coefficient (Wildman–Crippen LogP) is 4.21. The van der Waals surface area contributed by atoms with Gasteiger partial charge in [-0.05, 0) is 46.0 Å². The first kappa shape index (κ1) is 13.5. The Bertz CT molecular complexity index is 409. The first-order chi connectivity index (χ1) is 7.41. The summed E-state index contributed by atoms with van der Waals surface area (Å²) in [6.07, 6.45) is 0.415. The molecule has 0 aliphatic rings. The van der Waals surface area contributed by atoms with Crippen LogP contribution in [0.1, 0.15) is 31.2 Å². The van der Waals surface area contributed by atoms with E-state index in [4.69, 9.17) is 16.7 Å². The van der Waals surface area contributed by atoms with E-state index < -0.39 is 5.97 Å². The molecule has 1 atom stereocenters. The van der Waals surface area contributed by atoms with E-state index in [9.17, 15) is 9.18 Å². The number of hydrogen-bond acceptors (Lipinski definition) is 1. The van der Waals surface area contributed by atoms with Crippen molar-refractivity contribution in [3.05, 3.63) is 33.0 Å². The summed E-state index contributed by atoms with van der Waals surface area (Å²) >= 11 is 8.99. The first-order valence-corrected chi connectivity index (χ1v) is 5.95. The quantitative estimate of drug-likeness (QED) is 0.846. The Morgan fingerprint density at radius 1 is 1.62 bits per heavy atom. The SMILES string of the molecule is CC(CCC(=O)O)c1cc(Cl)c(Br)cc1F. The molecule has 0 saturated heterocycles. The minimum atomic E-state index is -0.879. The predicted molar refractivity (Wildman–Crippen MR) is 64.4 cm³/mol. The van der Waals surface area contributed by atoms with E-state index in [1.807, 2.05) is 0 Å². The summed E-state index contributed by atoms with van der Waals surface area (Å²) in [7, 11) is 0. The summed E-state index contributed by atoms with van der Waals surface area (Å²) in [5, 5.41) is 8.98. The molecule has 1 aromatic carbocycles. The molecule has 0 aliphatic carbocycles. The number of aliphatic carboxylic acids is 1. The molecule has 1 rings (SSSR count). The van der Waals surface area contributed by atoms with Gasteiger partial charge in [-0.25, -0.2) is 4.39 Å². The lowest BCUT2D eigenvalue weighted by molar-refractivity contribution is -0.137. The van der Waals surface area contributed by atoms with Gasteiger partial charge in [0.1, 0.15) is 5.82 Å². The molecule has 16 heavy (non-hydrogen) atoms. The summed E-state index contributed by atoms with van der Waals surface area (Å²) in [6, 6.07) is 2.84. The number of carbonyl (C=O) groups is 1. The van der Waals surface area contributed by atoms with Gasteiger partial charge in [0.15, 0.2) is 0 Å². The smallest absolute Gasteiger partial charge is 0.303 e. The van der Waals surface area contributed by atoms with Crippen molar-refractivity contribution < 1.29 is 14.3 Å². The van der Waals surface area contributed by atoms with E-state index >= 15 is 0 Å². The van der Waals surface area contributed by atoms with Gasteiger partial charge < -0.3 is 5.11 Å². The number of halogens is 3. The zero-order valence-electron chi connectivity index (χ0n) is 8.64. The van der Waals surface area contributed by atoms with Gasteiger partial charge in [0, 0.05) is 10.9 Å². The largest absolute Gasteiger partial charge is 0.481 e. The van der Waals surface area contributed by atoms with Crippen LogP contribution in [0.15, 0.2) is 16.6 Å². The van der Waals surface area contributed by atoms with Crippen molar-refractivity contribution in [1.82, 2.24) is 0 Å². The van der Waals surface area contributed by atoms with Gasteiger partial charge in [-0.3, -0.25) is 4.79 Å². The Morgan fingerprint density at radius 3 is 2.81 bits per heavy atom. The highest BCUT2D eigenvalue weighted by atomic mass is 79.9. The maximum atomic E-state index is 13.6. The van der Waals surface area contributed by atoms with Crippen LogP contribution >= 0.6 is 27.5 Å². The molecule has 5 heteroatoms. The van der Waals surface area contributed by atoms with Gasteiger partial charge in [0.25, 0.3) is 0 Å². The van der Waals surface area contributed by atoms with Crippen LogP contribution in [0.2, 0.25) is 5.02 Å². The Morgan fingerprint density at radius 2 is 2.25 bits per heavy atom. The van der Waals surface area contributed by atoms with Crippen molar-refractivity contribution >= 4 is 33.5 Å². The highest BCUT2D eigenvalue weighted by molar-refractivity contribution is 9.10. The molecule has 0 aliphatic heterocycles. The Hall–Kier alpha value is -0.610.